The molecule has 0 radical (unpaired) electrons. The molecule has 2 aromatic rings. The van der Waals surface area contributed by atoms with Crippen LogP contribution in [0.15, 0.2) is 24.3 Å². The van der Waals surface area contributed by atoms with Gasteiger partial charge < -0.3 is 5.11 Å². The lowest BCUT2D eigenvalue weighted by Gasteiger charge is -2.00. The number of nitrogens with zero attached hydrogens (tertiary/aromatic N) is 2. The van der Waals surface area contributed by atoms with Crippen molar-refractivity contribution in [3.63, 3.8) is 0 Å². The maximum atomic E-state index is 10.8. The normalized spacial score (nSPS) is 10.4. The van der Waals surface area contributed by atoms with Crippen molar-refractivity contribution < 1.29 is 9.90 Å². The summed E-state index contributed by atoms with van der Waals surface area (Å²) in [7, 11) is 0. The lowest BCUT2D eigenvalue weighted by molar-refractivity contribution is 0.0691. The Morgan fingerprint density at radius 1 is 1.21 bits per heavy atom. The summed E-state index contributed by atoms with van der Waals surface area (Å²) in [5, 5.41) is 17.2. The van der Waals surface area contributed by atoms with Gasteiger partial charge in [-0.05, 0) is 0 Å². The van der Waals surface area contributed by atoms with Crippen molar-refractivity contribution in [2.75, 3.05) is 0 Å². The van der Waals surface area contributed by atoms with Crippen LogP contribution in [0, 0.1) is 0 Å². The number of carboxylic acid groups (broad SMARTS) is 1. The van der Waals surface area contributed by atoms with Crippen LogP contribution in [-0.4, -0.2) is 21.3 Å². The molecule has 1 heterocycles. The molecule has 0 aliphatic heterocycles. The molecule has 0 aliphatic rings. The molecule has 2 rings (SSSR count). The fraction of sp³-hybridized carbons (Fsp3) is 0. The number of aromatic carboxylic acids is 1. The molecule has 0 fully saturated rings. The first-order chi connectivity index (χ1) is 6.70. The summed E-state index contributed by atoms with van der Waals surface area (Å²) in [5.74, 6) is -1.11. The molecule has 0 saturated carbocycles. The van der Waals surface area contributed by atoms with Crippen molar-refractivity contribution in [2.24, 2.45) is 0 Å². The van der Waals surface area contributed by atoms with Gasteiger partial charge in [0.05, 0.1) is 0 Å². The Labute approximate surface area is 84.1 Å². The van der Waals surface area contributed by atoms with E-state index in [9.17, 15) is 4.79 Å². The van der Waals surface area contributed by atoms with Crippen LogP contribution in [0.4, 0.5) is 0 Å². The van der Waals surface area contributed by atoms with E-state index in [1.54, 1.807) is 24.3 Å². The fourth-order valence-corrected chi connectivity index (χ4v) is 1.43. The van der Waals surface area contributed by atoms with Gasteiger partial charge in [0.25, 0.3) is 0 Å². The van der Waals surface area contributed by atoms with Crippen molar-refractivity contribution in [1.82, 2.24) is 10.2 Å². The van der Waals surface area contributed by atoms with Crippen molar-refractivity contribution >= 4 is 28.3 Å². The van der Waals surface area contributed by atoms with E-state index in [1.807, 2.05) is 0 Å². The highest BCUT2D eigenvalue weighted by molar-refractivity contribution is 6.34. The molecule has 70 valence electrons. The summed E-state index contributed by atoms with van der Waals surface area (Å²) in [6, 6.07) is 6.85. The highest BCUT2D eigenvalue weighted by Crippen LogP contribution is 2.22. The molecule has 0 spiro atoms. The smallest absolute Gasteiger partial charge is 0.357 e. The largest absolute Gasteiger partial charge is 0.476 e. The molecular formula is C9H5ClN2O2. The van der Waals surface area contributed by atoms with E-state index >= 15 is 0 Å². The summed E-state index contributed by atoms with van der Waals surface area (Å²) in [6.07, 6.45) is 0. The monoisotopic (exact) mass is 208 g/mol. The van der Waals surface area contributed by atoms with Gasteiger partial charge in [-0.25, -0.2) is 4.79 Å². The molecule has 0 amide bonds. The highest BCUT2D eigenvalue weighted by atomic mass is 35.5. The fourth-order valence-electron chi connectivity index (χ4n) is 1.23. The minimum absolute atomic E-state index is 0.0787. The maximum absolute atomic E-state index is 10.8. The van der Waals surface area contributed by atoms with Crippen LogP contribution >= 0.6 is 11.6 Å². The van der Waals surface area contributed by atoms with E-state index in [0.717, 1.165) is 0 Å². The number of halogens is 1. The lowest BCUT2D eigenvalue weighted by atomic mass is 10.1. The van der Waals surface area contributed by atoms with Crippen LogP contribution in [0.5, 0.6) is 0 Å². The highest BCUT2D eigenvalue weighted by Gasteiger charge is 2.12. The average Bonchev–Trinajstić information content (AvgIpc) is 2.18. The summed E-state index contributed by atoms with van der Waals surface area (Å²) in [5.41, 5.74) is -0.0787. The third kappa shape index (κ3) is 1.29. The zero-order valence-corrected chi connectivity index (χ0v) is 7.69. The van der Waals surface area contributed by atoms with Gasteiger partial charge in [-0.15, -0.1) is 10.2 Å². The minimum Gasteiger partial charge on any atom is -0.476 e. The quantitative estimate of drug-likeness (QED) is 0.779. The number of aromatic nitrogens is 2. The van der Waals surface area contributed by atoms with Crippen LogP contribution in [0.1, 0.15) is 10.5 Å². The predicted octanol–water partition coefficient (Wildman–Crippen LogP) is 1.98. The number of carboxylic acids is 1. The van der Waals surface area contributed by atoms with Crippen LogP contribution in [0.25, 0.3) is 10.8 Å². The number of carbonyl (C=O) groups is 1. The van der Waals surface area contributed by atoms with E-state index in [-0.39, 0.29) is 10.8 Å². The Kier molecular flexibility index (Phi) is 2.05. The minimum atomic E-state index is -1.11. The molecule has 0 saturated heterocycles. The molecule has 5 heteroatoms. The Morgan fingerprint density at radius 2 is 1.86 bits per heavy atom. The zero-order chi connectivity index (χ0) is 10.1. The number of fused-ring (bicyclic) bond motifs is 1. The lowest BCUT2D eigenvalue weighted by Crippen LogP contribution is -2.03. The number of hydrogen-bond donors (Lipinski definition) is 1. The molecule has 0 atom stereocenters. The predicted molar refractivity (Wildman–Crippen MR) is 51.5 cm³/mol. The van der Waals surface area contributed by atoms with Gasteiger partial charge in [-0.2, -0.15) is 0 Å². The van der Waals surface area contributed by atoms with Gasteiger partial charge in [0.15, 0.2) is 10.8 Å². The van der Waals surface area contributed by atoms with Gasteiger partial charge >= 0.3 is 5.97 Å². The summed E-state index contributed by atoms with van der Waals surface area (Å²) in [6.45, 7) is 0. The Hall–Kier alpha value is -1.68. The summed E-state index contributed by atoms with van der Waals surface area (Å²) >= 11 is 5.77. The number of hydrogen-bond acceptors (Lipinski definition) is 3. The molecule has 1 aromatic carbocycles. The van der Waals surface area contributed by atoms with E-state index in [0.29, 0.717) is 10.8 Å². The first-order valence-electron chi connectivity index (χ1n) is 3.84. The van der Waals surface area contributed by atoms with Gasteiger partial charge in [0.1, 0.15) is 0 Å². The third-order valence-corrected chi connectivity index (χ3v) is 2.12. The topological polar surface area (TPSA) is 63.1 Å². The average molecular weight is 209 g/mol. The van der Waals surface area contributed by atoms with Gasteiger partial charge in [-0.3, -0.25) is 0 Å². The molecule has 1 N–H and O–H groups in total. The third-order valence-electron chi connectivity index (χ3n) is 1.84. The Morgan fingerprint density at radius 3 is 2.50 bits per heavy atom. The molecule has 0 bridgehead atoms. The summed E-state index contributed by atoms with van der Waals surface area (Å²) < 4.78 is 0. The van der Waals surface area contributed by atoms with E-state index < -0.39 is 5.97 Å². The van der Waals surface area contributed by atoms with Crippen LogP contribution < -0.4 is 0 Å². The SMILES string of the molecule is O=C(O)c1nnc(Cl)c2ccccc12. The van der Waals surface area contributed by atoms with Crippen molar-refractivity contribution in [2.45, 2.75) is 0 Å². The molecule has 0 unspecified atom stereocenters. The second-order valence-corrected chi connectivity index (χ2v) is 3.05. The van der Waals surface area contributed by atoms with E-state index in [1.165, 1.54) is 0 Å². The van der Waals surface area contributed by atoms with E-state index in [4.69, 9.17) is 16.7 Å². The molecule has 14 heavy (non-hydrogen) atoms. The second kappa shape index (κ2) is 3.23. The molecule has 0 aliphatic carbocycles. The van der Waals surface area contributed by atoms with Crippen LogP contribution in [0.3, 0.4) is 0 Å². The van der Waals surface area contributed by atoms with E-state index in [2.05, 4.69) is 10.2 Å². The molecule has 1 aromatic heterocycles. The second-order valence-electron chi connectivity index (χ2n) is 2.69. The standard InChI is InChI=1S/C9H5ClN2O2/c10-8-6-4-2-1-3-5(6)7(9(13)14)11-12-8/h1-4H,(H,13,14). The van der Waals surface area contributed by atoms with Crippen molar-refractivity contribution in [1.29, 1.82) is 0 Å². The summed E-state index contributed by atoms with van der Waals surface area (Å²) in [4.78, 5) is 10.8. The van der Waals surface area contributed by atoms with Gasteiger partial charge in [0.2, 0.25) is 0 Å². The Bertz CT molecular complexity index is 513. The van der Waals surface area contributed by atoms with Gasteiger partial charge in [-0.1, -0.05) is 35.9 Å². The van der Waals surface area contributed by atoms with Crippen LogP contribution in [0.2, 0.25) is 5.15 Å². The maximum Gasteiger partial charge on any atom is 0.357 e. The number of rotatable bonds is 1. The van der Waals surface area contributed by atoms with Crippen molar-refractivity contribution in [3.05, 3.63) is 35.1 Å². The van der Waals surface area contributed by atoms with Gasteiger partial charge in [0, 0.05) is 10.8 Å². The number of benzene rings is 1. The molecule has 4 nitrogen and oxygen atoms in total. The zero-order valence-electron chi connectivity index (χ0n) is 6.94. The molecular weight excluding hydrogens is 204 g/mol. The Balaban J connectivity index is 2.88. The van der Waals surface area contributed by atoms with Crippen LogP contribution in [-0.2, 0) is 0 Å². The van der Waals surface area contributed by atoms with Crippen molar-refractivity contribution in [3.8, 4) is 0 Å². The first-order valence-corrected chi connectivity index (χ1v) is 4.22. The first kappa shape index (κ1) is 8.90.